The predicted octanol–water partition coefficient (Wildman–Crippen LogP) is 4.26. The van der Waals surface area contributed by atoms with Gasteiger partial charge in [0.15, 0.2) is 5.82 Å². The first kappa shape index (κ1) is 15.6. The summed E-state index contributed by atoms with van der Waals surface area (Å²) in [5.41, 5.74) is 6.55. The molecule has 4 aromatic rings. The van der Waals surface area contributed by atoms with Gasteiger partial charge in [0, 0.05) is 18.1 Å². The molecule has 3 heterocycles. The fourth-order valence-electron chi connectivity index (χ4n) is 2.69. The van der Waals surface area contributed by atoms with Gasteiger partial charge in [-0.15, -0.1) is 11.3 Å². The molecule has 6 heteroatoms. The van der Waals surface area contributed by atoms with Gasteiger partial charge >= 0.3 is 0 Å². The molecule has 0 aliphatic rings. The molecule has 0 spiro atoms. The van der Waals surface area contributed by atoms with Crippen LogP contribution in [0.15, 0.2) is 66.2 Å². The highest BCUT2D eigenvalue weighted by molar-refractivity contribution is 7.13. The largest absolute Gasteiger partial charge is 0.364 e. The minimum absolute atomic E-state index is 0.653. The van der Waals surface area contributed by atoms with Crippen LogP contribution in [0.25, 0.3) is 21.5 Å². The molecule has 0 aliphatic heterocycles. The van der Waals surface area contributed by atoms with Gasteiger partial charge in [0.05, 0.1) is 21.8 Å². The standard InChI is InChI=1S/C19H17N5S/c20-24-17-8-7-16(18-4-2-10-25-18)23-19(17)22-12-13-5-6-15-14(11-13)3-1-9-21-15/h1-11,24H,12,20H2,(H,22,23). The summed E-state index contributed by atoms with van der Waals surface area (Å²) in [6.07, 6.45) is 1.81. The second-order valence-corrected chi connectivity index (χ2v) is 6.55. The van der Waals surface area contributed by atoms with Gasteiger partial charge in [-0.1, -0.05) is 18.2 Å². The zero-order chi connectivity index (χ0) is 17.1. The zero-order valence-electron chi connectivity index (χ0n) is 13.4. The van der Waals surface area contributed by atoms with Crippen LogP contribution in [-0.4, -0.2) is 9.97 Å². The van der Waals surface area contributed by atoms with E-state index in [4.69, 9.17) is 10.8 Å². The first-order valence-corrected chi connectivity index (χ1v) is 8.80. The van der Waals surface area contributed by atoms with Crippen LogP contribution in [0, 0.1) is 0 Å². The Kier molecular flexibility index (Phi) is 4.28. The first-order valence-electron chi connectivity index (χ1n) is 7.92. The van der Waals surface area contributed by atoms with Gasteiger partial charge in [-0.3, -0.25) is 10.8 Å². The molecule has 3 aromatic heterocycles. The van der Waals surface area contributed by atoms with Gasteiger partial charge in [0.1, 0.15) is 0 Å². The Morgan fingerprint density at radius 1 is 1.04 bits per heavy atom. The van der Waals surface area contributed by atoms with Crippen LogP contribution in [0.5, 0.6) is 0 Å². The molecule has 0 fully saturated rings. The molecular formula is C19H17N5S. The van der Waals surface area contributed by atoms with Crippen LogP contribution >= 0.6 is 11.3 Å². The highest BCUT2D eigenvalue weighted by Gasteiger charge is 2.07. The van der Waals surface area contributed by atoms with Crippen LogP contribution in [0.4, 0.5) is 11.5 Å². The third-order valence-electron chi connectivity index (χ3n) is 3.95. The van der Waals surface area contributed by atoms with Crippen molar-refractivity contribution in [3.63, 3.8) is 0 Å². The van der Waals surface area contributed by atoms with Gasteiger partial charge in [0.25, 0.3) is 0 Å². The van der Waals surface area contributed by atoms with Crippen molar-refractivity contribution in [1.29, 1.82) is 0 Å². The number of aromatic nitrogens is 2. The molecule has 0 radical (unpaired) electrons. The number of benzene rings is 1. The Balaban J connectivity index is 1.59. The molecule has 0 saturated heterocycles. The fourth-order valence-corrected chi connectivity index (χ4v) is 3.39. The molecule has 5 nitrogen and oxygen atoms in total. The van der Waals surface area contributed by atoms with E-state index in [1.807, 2.05) is 35.7 Å². The summed E-state index contributed by atoms with van der Waals surface area (Å²) in [4.78, 5) is 10.2. The van der Waals surface area contributed by atoms with Crippen molar-refractivity contribution >= 4 is 33.7 Å². The van der Waals surface area contributed by atoms with E-state index in [2.05, 4.69) is 40.0 Å². The van der Waals surface area contributed by atoms with E-state index >= 15 is 0 Å². The van der Waals surface area contributed by atoms with E-state index in [9.17, 15) is 0 Å². The van der Waals surface area contributed by atoms with E-state index < -0.39 is 0 Å². The van der Waals surface area contributed by atoms with Crippen molar-refractivity contribution < 1.29 is 0 Å². The SMILES string of the molecule is NNc1ccc(-c2cccs2)nc1NCc1ccc2ncccc2c1. The van der Waals surface area contributed by atoms with E-state index in [0.717, 1.165) is 38.5 Å². The first-order chi connectivity index (χ1) is 12.3. The molecule has 25 heavy (non-hydrogen) atoms. The van der Waals surface area contributed by atoms with Crippen LogP contribution in [0.3, 0.4) is 0 Å². The number of rotatable bonds is 5. The number of thiophene rings is 1. The summed E-state index contributed by atoms with van der Waals surface area (Å²) >= 11 is 1.67. The molecule has 0 unspecified atom stereocenters. The second kappa shape index (κ2) is 6.88. The normalized spacial score (nSPS) is 10.8. The molecule has 0 amide bonds. The third kappa shape index (κ3) is 3.31. The van der Waals surface area contributed by atoms with E-state index in [1.165, 1.54) is 0 Å². The maximum atomic E-state index is 5.63. The monoisotopic (exact) mass is 347 g/mol. The van der Waals surface area contributed by atoms with Gasteiger partial charge in [-0.2, -0.15) is 0 Å². The molecular weight excluding hydrogens is 330 g/mol. The third-order valence-corrected chi connectivity index (χ3v) is 4.84. The Labute approximate surface area is 149 Å². The van der Waals surface area contributed by atoms with Crippen LogP contribution in [0.2, 0.25) is 0 Å². The Hall–Kier alpha value is -2.96. The number of nitrogens with zero attached hydrogens (tertiary/aromatic N) is 2. The van der Waals surface area contributed by atoms with Crippen molar-refractivity contribution in [3.05, 3.63) is 71.7 Å². The summed E-state index contributed by atoms with van der Waals surface area (Å²) in [6.45, 7) is 0.653. The Bertz CT molecular complexity index is 998. The van der Waals surface area contributed by atoms with Gasteiger partial charge in [0.2, 0.25) is 0 Å². The molecule has 1 aromatic carbocycles. The Morgan fingerprint density at radius 3 is 2.84 bits per heavy atom. The smallest absolute Gasteiger partial charge is 0.151 e. The van der Waals surface area contributed by atoms with E-state index in [0.29, 0.717) is 6.54 Å². The average Bonchev–Trinajstić information content (AvgIpc) is 3.21. The number of fused-ring (bicyclic) bond motifs is 1. The van der Waals surface area contributed by atoms with Gasteiger partial charge < -0.3 is 10.7 Å². The lowest BCUT2D eigenvalue weighted by molar-refractivity contribution is 1.11. The summed E-state index contributed by atoms with van der Waals surface area (Å²) in [6, 6.07) is 18.2. The topological polar surface area (TPSA) is 75.9 Å². The van der Waals surface area contributed by atoms with Crippen molar-refractivity contribution in [3.8, 4) is 10.6 Å². The summed E-state index contributed by atoms with van der Waals surface area (Å²) < 4.78 is 0. The lowest BCUT2D eigenvalue weighted by Gasteiger charge is -2.12. The summed E-state index contributed by atoms with van der Waals surface area (Å²) in [5.74, 6) is 6.36. The number of hydrazine groups is 1. The highest BCUT2D eigenvalue weighted by atomic mass is 32.1. The number of nitrogen functional groups attached to an aromatic ring is 1. The molecule has 0 bridgehead atoms. The second-order valence-electron chi connectivity index (χ2n) is 5.60. The van der Waals surface area contributed by atoms with Crippen molar-refractivity contribution in [1.82, 2.24) is 9.97 Å². The molecule has 0 aliphatic carbocycles. The highest BCUT2D eigenvalue weighted by Crippen LogP contribution is 2.28. The minimum Gasteiger partial charge on any atom is -0.364 e. The molecule has 4 rings (SSSR count). The fraction of sp³-hybridized carbons (Fsp3) is 0.0526. The quantitative estimate of drug-likeness (QED) is 0.371. The van der Waals surface area contributed by atoms with Gasteiger partial charge in [-0.05, 0) is 47.3 Å². The summed E-state index contributed by atoms with van der Waals surface area (Å²) in [5, 5.41) is 6.55. The lowest BCUT2D eigenvalue weighted by Crippen LogP contribution is -2.11. The van der Waals surface area contributed by atoms with Crippen molar-refractivity contribution in [2.24, 2.45) is 5.84 Å². The van der Waals surface area contributed by atoms with Crippen LogP contribution < -0.4 is 16.6 Å². The maximum absolute atomic E-state index is 5.63. The van der Waals surface area contributed by atoms with Crippen LogP contribution in [0.1, 0.15) is 5.56 Å². The molecule has 4 N–H and O–H groups in total. The van der Waals surface area contributed by atoms with Gasteiger partial charge in [-0.25, -0.2) is 4.98 Å². The molecule has 0 saturated carbocycles. The summed E-state index contributed by atoms with van der Waals surface area (Å²) in [7, 11) is 0. The van der Waals surface area contributed by atoms with Crippen molar-refractivity contribution in [2.45, 2.75) is 6.54 Å². The maximum Gasteiger partial charge on any atom is 0.151 e. The number of hydrogen-bond acceptors (Lipinski definition) is 6. The Morgan fingerprint density at radius 2 is 2.00 bits per heavy atom. The number of pyridine rings is 2. The number of hydrogen-bond donors (Lipinski definition) is 3. The number of anilines is 2. The predicted molar refractivity (Wildman–Crippen MR) is 104 cm³/mol. The lowest BCUT2D eigenvalue weighted by atomic mass is 10.1. The van der Waals surface area contributed by atoms with Crippen LogP contribution in [-0.2, 0) is 6.54 Å². The number of nitrogens with one attached hydrogen (secondary N) is 2. The molecule has 0 atom stereocenters. The van der Waals surface area contributed by atoms with E-state index in [1.54, 1.807) is 17.5 Å². The average molecular weight is 347 g/mol. The minimum atomic E-state index is 0.653. The molecule has 124 valence electrons. The number of nitrogens with two attached hydrogens (primary N) is 1. The van der Waals surface area contributed by atoms with E-state index in [-0.39, 0.29) is 0 Å². The zero-order valence-corrected chi connectivity index (χ0v) is 14.3. The van der Waals surface area contributed by atoms with Crippen molar-refractivity contribution in [2.75, 3.05) is 10.7 Å².